The molecule has 1 unspecified atom stereocenters. The van der Waals surface area contributed by atoms with Crippen molar-refractivity contribution >= 4 is 5.91 Å². The fraction of sp³-hybridized carbons (Fsp3) is 0.429. The molecule has 0 fully saturated rings. The maximum Gasteiger partial charge on any atom is 0.272 e. The minimum atomic E-state index is -0.508. The summed E-state index contributed by atoms with van der Waals surface area (Å²) in [7, 11) is 0. The van der Waals surface area contributed by atoms with Crippen molar-refractivity contribution in [1.29, 1.82) is 0 Å². The third-order valence-electron chi connectivity index (χ3n) is 4.46. The third kappa shape index (κ3) is 4.52. The van der Waals surface area contributed by atoms with E-state index in [0.717, 1.165) is 5.69 Å². The molecule has 0 aliphatic carbocycles. The molecule has 1 atom stereocenters. The largest absolute Gasteiger partial charge is 0.339 e. The van der Waals surface area contributed by atoms with Crippen molar-refractivity contribution in [1.82, 2.24) is 25.2 Å². The van der Waals surface area contributed by atoms with Crippen LogP contribution in [0.4, 0.5) is 4.39 Å². The van der Waals surface area contributed by atoms with Gasteiger partial charge < -0.3 is 9.84 Å². The molecular weight excluding hydrogens is 373 g/mol. The molecule has 8 heteroatoms. The van der Waals surface area contributed by atoms with Gasteiger partial charge in [0.15, 0.2) is 0 Å². The van der Waals surface area contributed by atoms with Crippen molar-refractivity contribution in [2.75, 3.05) is 0 Å². The second kappa shape index (κ2) is 7.77. The number of benzene rings is 1. The summed E-state index contributed by atoms with van der Waals surface area (Å²) in [6, 6.07) is 7.10. The van der Waals surface area contributed by atoms with Crippen LogP contribution in [0.1, 0.15) is 75.6 Å². The molecule has 154 valence electrons. The zero-order valence-electron chi connectivity index (χ0n) is 17.5. The number of nitrogens with one attached hydrogen (secondary N) is 1. The first-order valence-corrected chi connectivity index (χ1v) is 9.57. The summed E-state index contributed by atoms with van der Waals surface area (Å²) in [4.78, 5) is 17.0. The number of nitrogens with zero attached hydrogens (tertiary/aromatic N) is 4. The number of hydrogen-bond acceptors (Lipinski definition) is 5. The Labute approximate surface area is 169 Å². The summed E-state index contributed by atoms with van der Waals surface area (Å²) >= 11 is 0. The van der Waals surface area contributed by atoms with Crippen LogP contribution in [0.25, 0.3) is 11.4 Å². The van der Waals surface area contributed by atoms with E-state index >= 15 is 0 Å². The standard InChI is InChI=1S/C21H26FN5O2/c1-12(2)17-11-16(25-27(17)21(4,5)6)19(28)23-13(3)20-24-18(26-29-20)14-7-9-15(22)10-8-14/h7-13H,1-6H3,(H,23,28). The number of carbonyl (C=O) groups excluding carboxylic acids is 1. The van der Waals surface area contributed by atoms with E-state index in [4.69, 9.17) is 4.52 Å². The van der Waals surface area contributed by atoms with Gasteiger partial charge in [0.05, 0.1) is 5.54 Å². The van der Waals surface area contributed by atoms with E-state index in [2.05, 4.69) is 34.4 Å². The van der Waals surface area contributed by atoms with E-state index in [-0.39, 0.29) is 29.1 Å². The fourth-order valence-electron chi connectivity index (χ4n) is 2.91. The Balaban J connectivity index is 1.77. The minimum absolute atomic E-state index is 0.231. The lowest BCUT2D eigenvalue weighted by molar-refractivity contribution is 0.0926. The third-order valence-corrected chi connectivity index (χ3v) is 4.46. The molecule has 3 aromatic rings. The number of aromatic nitrogens is 4. The Morgan fingerprint density at radius 3 is 2.38 bits per heavy atom. The number of amides is 1. The molecule has 7 nitrogen and oxygen atoms in total. The van der Waals surface area contributed by atoms with Crippen molar-refractivity contribution in [3.63, 3.8) is 0 Å². The predicted octanol–water partition coefficient (Wildman–Crippen LogP) is 4.44. The van der Waals surface area contributed by atoms with E-state index in [1.54, 1.807) is 19.1 Å². The smallest absolute Gasteiger partial charge is 0.272 e. The second-order valence-corrected chi connectivity index (χ2v) is 8.35. The minimum Gasteiger partial charge on any atom is -0.339 e. The van der Waals surface area contributed by atoms with Gasteiger partial charge in [-0.3, -0.25) is 9.48 Å². The normalized spacial score (nSPS) is 13.0. The Bertz CT molecular complexity index is 999. The number of halogens is 1. The van der Waals surface area contributed by atoms with E-state index in [1.165, 1.54) is 12.1 Å². The molecule has 0 radical (unpaired) electrons. The van der Waals surface area contributed by atoms with Gasteiger partial charge in [-0.2, -0.15) is 10.1 Å². The van der Waals surface area contributed by atoms with Gasteiger partial charge in [-0.15, -0.1) is 0 Å². The lowest BCUT2D eigenvalue weighted by atomic mass is 10.1. The van der Waals surface area contributed by atoms with Crippen LogP contribution in [0.2, 0.25) is 0 Å². The van der Waals surface area contributed by atoms with Gasteiger partial charge in [0.2, 0.25) is 11.7 Å². The summed E-state index contributed by atoms with van der Waals surface area (Å²) in [5, 5.41) is 11.3. The van der Waals surface area contributed by atoms with Crippen molar-refractivity contribution in [2.24, 2.45) is 0 Å². The molecule has 0 aliphatic heterocycles. The predicted molar refractivity (Wildman–Crippen MR) is 107 cm³/mol. The zero-order chi connectivity index (χ0) is 21.3. The molecule has 0 saturated heterocycles. The molecule has 2 heterocycles. The maximum atomic E-state index is 13.1. The van der Waals surface area contributed by atoms with Gasteiger partial charge in [-0.1, -0.05) is 19.0 Å². The Morgan fingerprint density at radius 1 is 1.17 bits per heavy atom. The lowest BCUT2D eigenvalue weighted by Gasteiger charge is -2.23. The van der Waals surface area contributed by atoms with E-state index in [1.807, 2.05) is 31.5 Å². The molecule has 1 N–H and O–H groups in total. The molecule has 29 heavy (non-hydrogen) atoms. The maximum absolute atomic E-state index is 13.1. The summed E-state index contributed by atoms with van der Waals surface area (Å²) in [5.41, 5.74) is 1.73. The average molecular weight is 399 g/mol. The highest BCUT2D eigenvalue weighted by atomic mass is 19.1. The molecule has 0 spiro atoms. The first-order chi connectivity index (χ1) is 13.6. The molecule has 3 rings (SSSR count). The van der Waals surface area contributed by atoms with Crippen LogP contribution in [-0.2, 0) is 5.54 Å². The van der Waals surface area contributed by atoms with Crippen molar-refractivity contribution < 1.29 is 13.7 Å². The van der Waals surface area contributed by atoms with E-state index in [9.17, 15) is 9.18 Å². The van der Waals surface area contributed by atoms with Crippen LogP contribution >= 0.6 is 0 Å². The molecule has 0 aliphatic rings. The summed E-state index contributed by atoms with van der Waals surface area (Å²) in [6.45, 7) is 12.0. The Kier molecular flexibility index (Phi) is 5.55. The van der Waals surface area contributed by atoms with Crippen LogP contribution in [0.5, 0.6) is 0 Å². The highest BCUT2D eigenvalue weighted by Crippen LogP contribution is 2.24. The van der Waals surface area contributed by atoms with Crippen molar-refractivity contribution in [3.05, 3.63) is 53.4 Å². The monoisotopic (exact) mass is 399 g/mol. The highest BCUT2D eigenvalue weighted by Gasteiger charge is 2.25. The molecule has 0 bridgehead atoms. The molecular formula is C21H26FN5O2. The van der Waals surface area contributed by atoms with Crippen LogP contribution < -0.4 is 5.32 Å². The SMILES string of the molecule is CC(C)c1cc(C(=O)NC(C)c2nc(-c3ccc(F)cc3)no2)nn1C(C)(C)C. The number of carbonyl (C=O) groups is 1. The van der Waals surface area contributed by atoms with Crippen LogP contribution in [0, 0.1) is 5.82 Å². The summed E-state index contributed by atoms with van der Waals surface area (Å²) < 4.78 is 20.2. The van der Waals surface area contributed by atoms with Gasteiger partial charge >= 0.3 is 0 Å². The summed E-state index contributed by atoms with van der Waals surface area (Å²) in [5.74, 6) is 0.171. The van der Waals surface area contributed by atoms with Crippen LogP contribution in [-0.4, -0.2) is 25.8 Å². The summed E-state index contributed by atoms with van der Waals surface area (Å²) in [6.07, 6.45) is 0. The number of hydrogen-bond donors (Lipinski definition) is 1. The molecule has 2 aromatic heterocycles. The van der Waals surface area contributed by atoms with Crippen LogP contribution in [0.15, 0.2) is 34.9 Å². The Hall–Kier alpha value is -3.03. The topological polar surface area (TPSA) is 85.8 Å². The molecule has 0 saturated carbocycles. The second-order valence-electron chi connectivity index (χ2n) is 8.35. The zero-order valence-corrected chi connectivity index (χ0v) is 17.5. The molecule has 1 aromatic carbocycles. The van der Waals surface area contributed by atoms with Gasteiger partial charge in [-0.25, -0.2) is 4.39 Å². The first kappa shape index (κ1) is 20.7. The van der Waals surface area contributed by atoms with Gasteiger partial charge in [-0.05, 0) is 63.9 Å². The quantitative estimate of drug-likeness (QED) is 0.685. The van der Waals surface area contributed by atoms with Gasteiger partial charge in [0.25, 0.3) is 5.91 Å². The number of rotatable bonds is 5. The Morgan fingerprint density at radius 2 is 1.83 bits per heavy atom. The van der Waals surface area contributed by atoms with Crippen molar-refractivity contribution in [3.8, 4) is 11.4 Å². The van der Waals surface area contributed by atoms with Gasteiger partial charge in [0.1, 0.15) is 17.6 Å². The average Bonchev–Trinajstić information content (AvgIpc) is 3.29. The highest BCUT2D eigenvalue weighted by molar-refractivity contribution is 5.92. The lowest BCUT2D eigenvalue weighted by Crippen LogP contribution is -2.29. The van der Waals surface area contributed by atoms with Crippen LogP contribution in [0.3, 0.4) is 0 Å². The van der Waals surface area contributed by atoms with Crippen molar-refractivity contribution in [2.45, 2.75) is 59.0 Å². The van der Waals surface area contributed by atoms with E-state index < -0.39 is 6.04 Å². The van der Waals surface area contributed by atoms with E-state index in [0.29, 0.717) is 17.1 Å². The fourth-order valence-corrected chi connectivity index (χ4v) is 2.91. The molecule has 1 amide bonds. The first-order valence-electron chi connectivity index (χ1n) is 9.57. The van der Waals surface area contributed by atoms with Gasteiger partial charge in [0, 0.05) is 11.3 Å².